The van der Waals surface area contributed by atoms with E-state index in [9.17, 15) is 9.90 Å². The number of rotatable bonds is 8. The summed E-state index contributed by atoms with van der Waals surface area (Å²) in [6, 6.07) is 20.3. The normalized spacial score (nSPS) is 12.7. The minimum Gasteiger partial charge on any atom is -0.512 e. The average molecular weight is 838 g/mol. The largest absolute Gasteiger partial charge is 0.512 e. The molecule has 0 amide bonds. The van der Waals surface area contributed by atoms with Gasteiger partial charge in [0, 0.05) is 64.9 Å². The van der Waals surface area contributed by atoms with Crippen molar-refractivity contribution in [1.82, 2.24) is 9.97 Å². The maximum absolute atomic E-state index is 12.2. The zero-order valence-electron chi connectivity index (χ0n) is 30.5. The maximum atomic E-state index is 12.2. The molecule has 0 saturated carbocycles. The number of aliphatic hydroxyl groups excluding tert-OH is 1. The van der Waals surface area contributed by atoms with Crippen LogP contribution in [-0.2, 0) is 30.3 Å². The fourth-order valence-corrected chi connectivity index (χ4v) is 6.14. The number of carbonyl (C=O) groups is 1. The topological polar surface area (TPSA) is 89.4 Å². The number of carbonyl (C=O) groups excluding carboxylic acids is 1. The van der Waals surface area contributed by atoms with Crippen LogP contribution in [0.15, 0.2) is 75.5 Å². The molecule has 0 spiro atoms. The third kappa shape index (κ3) is 7.39. The number of ketones is 1. The Morgan fingerprint density at radius 2 is 1.49 bits per heavy atom. The minimum absolute atomic E-state index is 0. The second kappa shape index (κ2) is 14.6. The molecule has 261 valence electrons. The van der Waals surface area contributed by atoms with Gasteiger partial charge in [-0.1, -0.05) is 91.5 Å². The smallest absolute Gasteiger partial charge is 0.223 e. The third-order valence-corrected chi connectivity index (χ3v) is 10.5. The van der Waals surface area contributed by atoms with E-state index in [0.717, 1.165) is 75.4 Å². The van der Waals surface area contributed by atoms with Crippen LogP contribution in [0.25, 0.3) is 55.1 Å². The number of nitrogens with zero attached hydrogens (tertiary/aromatic N) is 2. The van der Waals surface area contributed by atoms with Crippen LogP contribution >= 0.6 is 0 Å². The van der Waals surface area contributed by atoms with Gasteiger partial charge in [0.15, 0.2) is 5.78 Å². The summed E-state index contributed by atoms with van der Waals surface area (Å²) in [6.07, 6.45) is 6.32. The second-order valence-electron chi connectivity index (χ2n) is 14.6. The van der Waals surface area contributed by atoms with Gasteiger partial charge >= 0.3 is 0 Å². The summed E-state index contributed by atoms with van der Waals surface area (Å²) in [5, 5.41) is 15.4. The van der Waals surface area contributed by atoms with Crippen LogP contribution in [0.4, 0.5) is 0 Å². The molecule has 0 aliphatic rings. The van der Waals surface area contributed by atoms with E-state index in [1.807, 2.05) is 60.6 Å². The number of allylic oxidation sites excluding steroid dienone is 2. The van der Waals surface area contributed by atoms with E-state index in [4.69, 9.17) is 8.83 Å². The summed E-state index contributed by atoms with van der Waals surface area (Å²) in [5.41, 5.74) is 4.55. The van der Waals surface area contributed by atoms with Gasteiger partial charge in [-0.05, 0) is 50.2 Å². The molecule has 0 fully saturated rings. The zero-order valence-corrected chi connectivity index (χ0v) is 32.9. The molecule has 6 rings (SSSR count). The van der Waals surface area contributed by atoms with Gasteiger partial charge in [-0.3, -0.25) is 9.78 Å². The van der Waals surface area contributed by atoms with Crippen molar-refractivity contribution in [2.45, 2.75) is 100 Å². The van der Waals surface area contributed by atoms with Gasteiger partial charge in [-0.25, -0.2) is 4.98 Å². The molecule has 0 unspecified atom stereocenters. The Bertz CT molecular complexity index is 2140. The van der Waals surface area contributed by atoms with E-state index in [0.29, 0.717) is 5.71 Å². The summed E-state index contributed by atoms with van der Waals surface area (Å²) >= 11 is 0. The molecular weight excluding hydrogens is 789 g/mol. The molecule has 3 aromatic carbocycles. The molecule has 0 saturated heterocycles. The maximum Gasteiger partial charge on any atom is 0.223 e. The summed E-state index contributed by atoms with van der Waals surface area (Å²) in [6.45, 7) is 20.7. The first-order chi connectivity index (χ1) is 22.7. The molecule has 6 aromatic rings. The minimum atomic E-state index is -0.337. The van der Waals surface area contributed by atoms with Crippen LogP contribution in [0.1, 0.15) is 99.3 Å². The molecule has 0 aliphatic heterocycles. The summed E-state index contributed by atoms with van der Waals surface area (Å²) in [4.78, 5) is 21.3. The quantitative estimate of drug-likeness (QED) is 0.0933. The number of aryl methyl sites for hydroxylation is 1. The molecular formula is C42H49IrN2O4-. The van der Waals surface area contributed by atoms with Crippen LogP contribution < -0.4 is 0 Å². The molecule has 7 heteroatoms. The first-order valence-electron chi connectivity index (χ1n) is 17.2. The van der Waals surface area contributed by atoms with Gasteiger partial charge in [-0.15, -0.1) is 29.1 Å². The van der Waals surface area contributed by atoms with Crippen molar-refractivity contribution in [3.63, 3.8) is 0 Å². The predicted octanol–water partition coefficient (Wildman–Crippen LogP) is 12.0. The van der Waals surface area contributed by atoms with Crippen molar-refractivity contribution in [3.05, 3.63) is 84.1 Å². The zero-order chi connectivity index (χ0) is 35.0. The van der Waals surface area contributed by atoms with Gasteiger partial charge in [-0.2, -0.15) is 0 Å². The number of fused-ring (bicyclic) bond motifs is 5. The van der Waals surface area contributed by atoms with E-state index in [-0.39, 0.29) is 47.9 Å². The third-order valence-electron chi connectivity index (χ3n) is 10.5. The fourth-order valence-electron chi connectivity index (χ4n) is 6.14. The molecule has 0 aliphatic carbocycles. The van der Waals surface area contributed by atoms with Gasteiger partial charge in [0.1, 0.15) is 29.0 Å². The summed E-state index contributed by atoms with van der Waals surface area (Å²) < 4.78 is 11.9. The number of aliphatic hydroxyl groups is 1. The van der Waals surface area contributed by atoms with E-state index in [1.54, 1.807) is 6.33 Å². The second-order valence-corrected chi connectivity index (χ2v) is 14.6. The summed E-state index contributed by atoms with van der Waals surface area (Å²) in [5.74, 6) is 1.16. The molecule has 3 aromatic heterocycles. The molecule has 0 atom stereocenters. The monoisotopic (exact) mass is 838 g/mol. The van der Waals surface area contributed by atoms with E-state index >= 15 is 0 Å². The number of aromatic nitrogens is 2. The number of furan rings is 2. The van der Waals surface area contributed by atoms with Crippen LogP contribution in [0.3, 0.4) is 0 Å². The Kier molecular flexibility index (Phi) is 11.3. The van der Waals surface area contributed by atoms with Gasteiger partial charge in [0.05, 0.1) is 0 Å². The van der Waals surface area contributed by atoms with Crippen molar-refractivity contribution in [2.24, 2.45) is 10.8 Å². The number of benzene rings is 3. The number of hydrogen-bond donors (Lipinski definition) is 1. The first kappa shape index (κ1) is 38.0. The van der Waals surface area contributed by atoms with E-state index in [2.05, 4.69) is 73.2 Å². The molecule has 3 heterocycles. The van der Waals surface area contributed by atoms with Crippen LogP contribution in [0, 0.1) is 23.8 Å². The number of hydrogen-bond acceptors (Lipinski definition) is 6. The average Bonchev–Trinajstić information content (AvgIpc) is 3.63. The Labute approximate surface area is 303 Å². The van der Waals surface area contributed by atoms with Crippen molar-refractivity contribution in [3.8, 4) is 11.3 Å². The van der Waals surface area contributed by atoms with Crippen LogP contribution in [0.5, 0.6) is 0 Å². The van der Waals surface area contributed by atoms with E-state index < -0.39 is 0 Å². The Morgan fingerprint density at radius 1 is 0.837 bits per heavy atom. The van der Waals surface area contributed by atoms with Gasteiger partial charge in [0.25, 0.3) is 0 Å². The Balaban J connectivity index is 0.000000260. The fraction of sp³-hybridized carbons (Fsp3) is 0.405. The Morgan fingerprint density at radius 3 is 2.12 bits per heavy atom. The molecule has 6 nitrogen and oxygen atoms in total. The molecule has 49 heavy (non-hydrogen) atoms. The molecule has 1 radical (unpaired) electrons. The van der Waals surface area contributed by atoms with Crippen LogP contribution in [-0.4, -0.2) is 20.9 Å². The first-order valence-corrected chi connectivity index (χ1v) is 17.2. The summed E-state index contributed by atoms with van der Waals surface area (Å²) in [7, 11) is 0. The molecule has 0 bridgehead atoms. The SMILES string of the molecule is CCC(C)(CC)C(=O)/C=C(\O)C(C)(CC)CC.Cc1cc2cc3c(cc2o1)oc1ncnc(-c2[c-]c4ccccc4c(C(C)(C)C)c2)c13.[Ir]. The van der Waals surface area contributed by atoms with E-state index in [1.165, 1.54) is 17.0 Å². The van der Waals surface area contributed by atoms with Crippen molar-refractivity contribution in [1.29, 1.82) is 0 Å². The predicted molar refractivity (Wildman–Crippen MR) is 197 cm³/mol. The van der Waals surface area contributed by atoms with Crippen molar-refractivity contribution >= 4 is 49.6 Å². The van der Waals surface area contributed by atoms with Crippen LogP contribution in [0.2, 0.25) is 0 Å². The van der Waals surface area contributed by atoms with Crippen molar-refractivity contribution in [2.75, 3.05) is 0 Å². The van der Waals surface area contributed by atoms with Gasteiger partial charge in [0.2, 0.25) is 5.71 Å². The molecule has 1 N–H and O–H groups in total. The standard InChI is InChI=1S/C27H21N2O2.C15H28O2.Ir/c1-15-9-17-11-20-23(13-22(17)30-15)31-26-24(20)25(28-14-29-26)18-10-16-7-5-6-8-19(16)21(12-18)27(2,3)4;1-7-14(5,8-2)12(16)11-13(17)15(6,9-3)10-4;/h5-9,11-14H,1-4H3;11,16H,7-10H2,1-6H3;/q-1;;/b;12-11-;. The Hall–Kier alpha value is -3.80. The van der Waals surface area contributed by atoms with Gasteiger partial charge < -0.3 is 13.9 Å². The van der Waals surface area contributed by atoms with Crippen molar-refractivity contribution < 1.29 is 38.8 Å².